The lowest BCUT2D eigenvalue weighted by Crippen LogP contribution is -2.45. The van der Waals surface area contributed by atoms with Gasteiger partial charge in [0.25, 0.3) is 5.91 Å². The number of carbonyl (C=O) groups excluding carboxylic acids is 2. The molecule has 0 fully saturated rings. The van der Waals surface area contributed by atoms with Gasteiger partial charge in [0.15, 0.2) is 0 Å². The Morgan fingerprint density at radius 1 is 0.880 bits per heavy atom. The largest absolute Gasteiger partial charge is 0.325 e. The number of anilines is 2. The van der Waals surface area contributed by atoms with E-state index in [0.717, 1.165) is 5.69 Å². The van der Waals surface area contributed by atoms with Gasteiger partial charge in [0, 0.05) is 16.9 Å². The number of amides is 2. The van der Waals surface area contributed by atoms with Crippen molar-refractivity contribution in [2.45, 2.75) is 26.8 Å². The molecule has 25 heavy (non-hydrogen) atoms. The van der Waals surface area contributed by atoms with E-state index < -0.39 is 6.04 Å². The highest BCUT2D eigenvalue weighted by molar-refractivity contribution is 6.04. The number of benzene rings is 2. The molecule has 6 heteroatoms. The van der Waals surface area contributed by atoms with Crippen molar-refractivity contribution in [3.05, 3.63) is 60.2 Å². The zero-order valence-corrected chi connectivity index (χ0v) is 15.4. The van der Waals surface area contributed by atoms with Crippen molar-refractivity contribution < 1.29 is 9.59 Å². The van der Waals surface area contributed by atoms with Crippen LogP contribution in [0.4, 0.5) is 11.4 Å². The van der Waals surface area contributed by atoms with Crippen molar-refractivity contribution in [3.8, 4) is 0 Å². The van der Waals surface area contributed by atoms with Gasteiger partial charge in [0.05, 0.1) is 6.04 Å². The number of hydrogen-bond acceptors (Lipinski definition) is 3. The van der Waals surface area contributed by atoms with Gasteiger partial charge in [-0.2, -0.15) is 0 Å². The molecular formula is C19H24ClN3O2. The van der Waals surface area contributed by atoms with Gasteiger partial charge < -0.3 is 16.4 Å². The summed E-state index contributed by atoms with van der Waals surface area (Å²) in [6.45, 7) is 5.73. The summed E-state index contributed by atoms with van der Waals surface area (Å²) < 4.78 is 0. The highest BCUT2D eigenvalue weighted by Crippen LogP contribution is 2.19. The molecule has 0 spiro atoms. The number of nitrogens with two attached hydrogens (primary N) is 1. The maximum atomic E-state index is 12.2. The smallest absolute Gasteiger partial charge is 0.255 e. The van der Waals surface area contributed by atoms with Crippen LogP contribution in [0.25, 0.3) is 0 Å². The van der Waals surface area contributed by atoms with Crippen molar-refractivity contribution in [2.24, 2.45) is 11.1 Å². The van der Waals surface area contributed by atoms with E-state index >= 15 is 0 Å². The second-order valence-corrected chi connectivity index (χ2v) is 6.73. The second kappa shape index (κ2) is 8.65. The topological polar surface area (TPSA) is 84.2 Å². The Kier molecular flexibility index (Phi) is 7.15. The quantitative estimate of drug-likeness (QED) is 0.776. The van der Waals surface area contributed by atoms with E-state index in [4.69, 9.17) is 5.73 Å². The monoisotopic (exact) mass is 361 g/mol. The van der Waals surface area contributed by atoms with Gasteiger partial charge in [-0.05, 0) is 41.8 Å². The molecule has 2 aromatic rings. The number of para-hydroxylation sites is 1. The standard InChI is InChI=1S/C19H23N3O2.ClH/c1-19(2,3)16(20)18(24)22-15-11-9-13(10-12-15)17(23)21-14-7-5-4-6-8-14;/h4-12,16H,20H2,1-3H3,(H,21,23)(H,22,24);1H/t16-;/m1./s1. The first-order chi connectivity index (χ1) is 11.3. The summed E-state index contributed by atoms with van der Waals surface area (Å²) in [5.74, 6) is -0.450. The third-order valence-corrected chi connectivity index (χ3v) is 3.66. The zero-order valence-electron chi connectivity index (χ0n) is 14.6. The first kappa shape index (κ1) is 20.7. The Hall–Kier alpha value is -2.37. The Labute approximate surface area is 154 Å². The SMILES string of the molecule is CC(C)(C)[C@H](N)C(=O)Nc1ccc(C(=O)Nc2ccccc2)cc1.Cl. The van der Waals surface area contributed by atoms with Gasteiger partial charge >= 0.3 is 0 Å². The van der Waals surface area contributed by atoms with Crippen LogP contribution >= 0.6 is 12.4 Å². The Morgan fingerprint density at radius 3 is 1.92 bits per heavy atom. The fourth-order valence-electron chi connectivity index (χ4n) is 2.04. The molecule has 0 aliphatic heterocycles. The minimum atomic E-state index is -0.612. The van der Waals surface area contributed by atoms with Crippen LogP contribution in [0.2, 0.25) is 0 Å². The summed E-state index contributed by atoms with van der Waals surface area (Å²) in [5.41, 5.74) is 7.46. The van der Waals surface area contributed by atoms with Crippen LogP contribution in [0, 0.1) is 5.41 Å². The average molecular weight is 362 g/mol. The molecule has 0 aromatic heterocycles. The molecule has 0 heterocycles. The predicted molar refractivity (Wildman–Crippen MR) is 104 cm³/mol. The first-order valence-electron chi connectivity index (χ1n) is 7.80. The maximum absolute atomic E-state index is 12.2. The summed E-state index contributed by atoms with van der Waals surface area (Å²) in [6.07, 6.45) is 0. The van der Waals surface area contributed by atoms with Crippen molar-refractivity contribution >= 4 is 35.6 Å². The van der Waals surface area contributed by atoms with E-state index in [9.17, 15) is 9.59 Å². The minimum Gasteiger partial charge on any atom is -0.325 e. The number of rotatable bonds is 4. The molecule has 0 aliphatic rings. The highest BCUT2D eigenvalue weighted by Gasteiger charge is 2.27. The molecule has 0 saturated carbocycles. The predicted octanol–water partition coefficient (Wildman–Crippen LogP) is 3.67. The van der Waals surface area contributed by atoms with Gasteiger partial charge in [-0.25, -0.2) is 0 Å². The van der Waals surface area contributed by atoms with Gasteiger partial charge in [-0.15, -0.1) is 12.4 Å². The fraction of sp³-hybridized carbons (Fsp3) is 0.263. The Morgan fingerprint density at radius 2 is 1.40 bits per heavy atom. The van der Waals surface area contributed by atoms with E-state index in [-0.39, 0.29) is 29.6 Å². The second-order valence-electron chi connectivity index (χ2n) is 6.73. The van der Waals surface area contributed by atoms with Crippen LogP contribution in [-0.4, -0.2) is 17.9 Å². The molecule has 5 nitrogen and oxygen atoms in total. The van der Waals surface area contributed by atoms with Crippen LogP contribution in [0.3, 0.4) is 0 Å². The molecule has 0 bridgehead atoms. The highest BCUT2D eigenvalue weighted by atomic mass is 35.5. The summed E-state index contributed by atoms with van der Waals surface area (Å²) in [6, 6.07) is 15.3. The lowest BCUT2D eigenvalue weighted by Gasteiger charge is -2.25. The average Bonchev–Trinajstić information content (AvgIpc) is 2.54. The van der Waals surface area contributed by atoms with Crippen LogP contribution in [0.5, 0.6) is 0 Å². The van der Waals surface area contributed by atoms with E-state index in [1.807, 2.05) is 51.1 Å². The molecular weight excluding hydrogens is 338 g/mol. The Bertz CT molecular complexity index is 710. The molecule has 1 atom stereocenters. The molecule has 2 rings (SSSR count). The van der Waals surface area contributed by atoms with Gasteiger partial charge in [0.1, 0.15) is 0 Å². The fourth-order valence-corrected chi connectivity index (χ4v) is 2.04. The maximum Gasteiger partial charge on any atom is 0.255 e. The van der Waals surface area contributed by atoms with Gasteiger partial charge in [-0.3, -0.25) is 9.59 Å². The van der Waals surface area contributed by atoms with Crippen LogP contribution < -0.4 is 16.4 Å². The number of hydrogen-bond donors (Lipinski definition) is 3. The molecule has 134 valence electrons. The zero-order chi connectivity index (χ0) is 17.7. The Balaban J connectivity index is 0.00000312. The summed E-state index contributed by atoms with van der Waals surface area (Å²) >= 11 is 0. The summed E-state index contributed by atoms with van der Waals surface area (Å²) in [5, 5.41) is 5.58. The van der Waals surface area contributed by atoms with Crippen molar-refractivity contribution in [2.75, 3.05) is 10.6 Å². The van der Waals surface area contributed by atoms with Gasteiger partial charge in [-0.1, -0.05) is 39.0 Å². The van der Waals surface area contributed by atoms with E-state index in [2.05, 4.69) is 10.6 Å². The lowest BCUT2D eigenvalue weighted by molar-refractivity contribution is -0.119. The minimum absolute atomic E-state index is 0. The molecule has 0 aliphatic carbocycles. The third-order valence-electron chi connectivity index (χ3n) is 3.66. The number of halogens is 1. The molecule has 0 saturated heterocycles. The number of carbonyl (C=O) groups is 2. The van der Waals surface area contributed by atoms with Crippen molar-refractivity contribution in [1.82, 2.24) is 0 Å². The van der Waals surface area contributed by atoms with Crippen LogP contribution in [0.1, 0.15) is 31.1 Å². The first-order valence-corrected chi connectivity index (χ1v) is 7.80. The molecule has 2 aromatic carbocycles. The molecule has 4 N–H and O–H groups in total. The normalized spacial score (nSPS) is 11.8. The molecule has 0 radical (unpaired) electrons. The van der Waals surface area contributed by atoms with E-state index in [1.54, 1.807) is 24.3 Å². The summed E-state index contributed by atoms with van der Waals surface area (Å²) in [7, 11) is 0. The van der Waals surface area contributed by atoms with Crippen LogP contribution in [0.15, 0.2) is 54.6 Å². The lowest BCUT2D eigenvalue weighted by atomic mass is 9.87. The van der Waals surface area contributed by atoms with Crippen molar-refractivity contribution in [3.63, 3.8) is 0 Å². The number of nitrogens with one attached hydrogen (secondary N) is 2. The molecule has 0 unspecified atom stereocenters. The van der Waals surface area contributed by atoms with Crippen LogP contribution in [-0.2, 0) is 4.79 Å². The van der Waals surface area contributed by atoms with Gasteiger partial charge in [0.2, 0.25) is 5.91 Å². The molecule has 2 amide bonds. The third kappa shape index (κ3) is 5.89. The van der Waals surface area contributed by atoms with E-state index in [0.29, 0.717) is 11.3 Å². The van der Waals surface area contributed by atoms with Crippen molar-refractivity contribution in [1.29, 1.82) is 0 Å². The summed E-state index contributed by atoms with van der Waals surface area (Å²) in [4.78, 5) is 24.3. The van der Waals surface area contributed by atoms with E-state index in [1.165, 1.54) is 0 Å².